The summed E-state index contributed by atoms with van der Waals surface area (Å²) in [5, 5.41) is 13.0. The number of Topliss-reactive ketones (excluding diaryl/α,β-unsaturated/α-hetero) is 1. The summed E-state index contributed by atoms with van der Waals surface area (Å²) < 4.78 is 16.9. The number of rotatable bonds is 3. The zero-order valence-corrected chi connectivity index (χ0v) is 16.5. The van der Waals surface area contributed by atoms with E-state index in [-0.39, 0.29) is 24.1 Å². The Bertz CT molecular complexity index is 1030. The molecule has 1 saturated heterocycles. The zero-order chi connectivity index (χ0) is 20.0. The minimum absolute atomic E-state index is 0.0854. The molecule has 0 atom stereocenters. The van der Waals surface area contributed by atoms with Crippen LogP contribution in [0.4, 0.5) is 0 Å². The van der Waals surface area contributed by atoms with Crippen molar-refractivity contribution in [3.8, 4) is 17.2 Å². The van der Waals surface area contributed by atoms with E-state index in [1.165, 1.54) is 11.0 Å². The quantitative estimate of drug-likeness (QED) is 0.780. The summed E-state index contributed by atoms with van der Waals surface area (Å²) >= 11 is 6.22. The molecule has 7 heteroatoms. The molecule has 3 heterocycles. The Morgan fingerprint density at radius 1 is 1.17 bits per heavy atom. The summed E-state index contributed by atoms with van der Waals surface area (Å²) in [7, 11) is 0. The summed E-state index contributed by atoms with van der Waals surface area (Å²) in [5.41, 5.74) is 2.48. The molecule has 150 valence electrons. The fourth-order valence-corrected chi connectivity index (χ4v) is 4.46. The minimum atomic E-state index is -0.238. The van der Waals surface area contributed by atoms with Gasteiger partial charge in [0.25, 0.3) is 0 Å². The second-order valence-electron chi connectivity index (χ2n) is 7.59. The summed E-state index contributed by atoms with van der Waals surface area (Å²) in [6, 6.07) is 6.54. The maximum absolute atomic E-state index is 13.0. The second kappa shape index (κ2) is 7.37. The van der Waals surface area contributed by atoms with Crippen LogP contribution in [-0.2, 0) is 17.9 Å². The number of carbonyl (C=O) groups excluding carboxylic acids is 1. The highest BCUT2D eigenvalue weighted by Gasteiger charge is 2.32. The Balaban J connectivity index is 1.52. The molecule has 3 aliphatic rings. The van der Waals surface area contributed by atoms with Gasteiger partial charge in [0.05, 0.1) is 25.3 Å². The van der Waals surface area contributed by atoms with Gasteiger partial charge in [0.15, 0.2) is 12.6 Å². The molecule has 29 heavy (non-hydrogen) atoms. The first-order valence-electron chi connectivity index (χ1n) is 9.74. The molecule has 0 spiro atoms. The van der Waals surface area contributed by atoms with E-state index in [9.17, 15) is 9.90 Å². The number of ketones is 1. The number of halogens is 1. The molecule has 6 nitrogen and oxygen atoms in total. The van der Waals surface area contributed by atoms with Gasteiger partial charge < -0.3 is 24.2 Å². The van der Waals surface area contributed by atoms with Crippen LogP contribution in [0.3, 0.4) is 0 Å². The fraction of sp³-hybridized carbons (Fsp3) is 0.318. The third-order valence-corrected chi connectivity index (χ3v) is 5.84. The average Bonchev–Trinajstić information content (AvgIpc) is 3.33. The van der Waals surface area contributed by atoms with Crippen molar-refractivity contribution in [2.75, 3.05) is 19.9 Å². The highest BCUT2D eigenvalue weighted by Crippen LogP contribution is 2.40. The van der Waals surface area contributed by atoms with E-state index >= 15 is 0 Å². The monoisotopic (exact) mass is 413 g/mol. The fourth-order valence-electron chi connectivity index (χ4n) is 4.22. The van der Waals surface area contributed by atoms with E-state index in [0.717, 1.165) is 31.5 Å². The predicted molar refractivity (Wildman–Crippen MR) is 104 cm³/mol. The number of hydrogen-bond donors (Lipinski definition) is 1. The Kier molecular flexibility index (Phi) is 4.70. The number of fused-ring (bicyclic) bond motifs is 2. The number of quaternary nitrogens is 1. The molecule has 0 saturated carbocycles. The number of allylic oxidation sites excluding steroid dienone is 1. The third-order valence-electron chi connectivity index (χ3n) is 5.63. The van der Waals surface area contributed by atoms with E-state index in [1.807, 2.05) is 0 Å². The first kappa shape index (κ1) is 18.5. The van der Waals surface area contributed by atoms with Crippen LogP contribution in [-0.4, -0.2) is 25.7 Å². The van der Waals surface area contributed by atoms with Crippen molar-refractivity contribution in [1.29, 1.82) is 0 Å². The van der Waals surface area contributed by atoms with Crippen LogP contribution >= 0.6 is 11.6 Å². The molecule has 0 bridgehead atoms. The van der Waals surface area contributed by atoms with Crippen molar-refractivity contribution >= 4 is 23.5 Å². The molecule has 1 fully saturated rings. The molecule has 0 aromatic heterocycles. The molecule has 0 amide bonds. The maximum Gasteiger partial charge on any atom is 0.231 e. The highest BCUT2D eigenvalue weighted by atomic mass is 35.5. The van der Waals surface area contributed by atoms with Crippen LogP contribution in [0.15, 0.2) is 30.0 Å². The lowest BCUT2D eigenvalue weighted by atomic mass is 10.0. The van der Waals surface area contributed by atoms with E-state index < -0.39 is 0 Å². The number of benzene rings is 2. The highest BCUT2D eigenvalue weighted by molar-refractivity contribution is 6.31. The Labute approximate surface area is 173 Å². The van der Waals surface area contributed by atoms with Gasteiger partial charge in [0, 0.05) is 34.6 Å². The number of likely N-dealkylation sites (tertiary alicyclic amines) is 1. The van der Waals surface area contributed by atoms with Crippen LogP contribution in [0.2, 0.25) is 5.02 Å². The van der Waals surface area contributed by atoms with Crippen LogP contribution in [0.1, 0.15) is 39.9 Å². The van der Waals surface area contributed by atoms with Gasteiger partial charge in [-0.05, 0) is 24.3 Å². The van der Waals surface area contributed by atoms with Crippen LogP contribution in [0.5, 0.6) is 17.2 Å². The molecular formula is C22H20ClNO5. The minimum Gasteiger partial charge on any atom is -0.872 e. The summed E-state index contributed by atoms with van der Waals surface area (Å²) in [4.78, 5) is 14.3. The molecule has 0 radical (unpaired) electrons. The normalized spacial score (nSPS) is 19.8. The molecule has 2 aromatic rings. The largest absolute Gasteiger partial charge is 0.872 e. The van der Waals surface area contributed by atoms with Gasteiger partial charge in [0.1, 0.15) is 18.0 Å². The third kappa shape index (κ3) is 3.37. The Hall–Kier alpha value is -2.54. The van der Waals surface area contributed by atoms with Crippen molar-refractivity contribution in [3.05, 3.63) is 57.3 Å². The number of ether oxygens (including phenoxy) is 3. The Morgan fingerprint density at radius 2 is 2.00 bits per heavy atom. The average molecular weight is 414 g/mol. The summed E-state index contributed by atoms with van der Waals surface area (Å²) in [6.07, 6.45) is 3.95. The van der Waals surface area contributed by atoms with Crippen molar-refractivity contribution in [3.63, 3.8) is 0 Å². The van der Waals surface area contributed by atoms with Gasteiger partial charge in [-0.1, -0.05) is 23.4 Å². The first-order chi connectivity index (χ1) is 14.1. The molecule has 0 aliphatic carbocycles. The lowest BCUT2D eigenvalue weighted by molar-refractivity contribution is -0.901. The number of hydrogen-bond acceptors (Lipinski definition) is 5. The second-order valence-corrected chi connectivity index (χ2v) is 8.02. The van der Waals surface area contributed by atoms with Gasteiger partial charge in [-0.15, -0.1) is 0 Å². The Morgan fingerprint density at radius 3 is 2.83 bits per heavy atom. The van der Waals surface area contributed by atoms with Crippen molar-refractivity contribution in [2.45, 2.75) is 26.0 Å². The lowest BCUT2D eigenvalue weighted by Gasteiger charge is -2.20. The maximum atomic E-state index is 13.0. The van der Waals surface area contributed by atoms with Crippen LogP contribution in [0, 0.1) is 0 Å². The van der Waals surface area contributed by atoms with Gasteiger partial charge >= 0.3 is 0 Å². The van der Waals surface area contributed by atoms with Crippen LogP contribution in [0.25, 0.3) is 6.08 Å². The topological polar surface area (TPSA) is 72.3 Å². The molecule has 5 rings (SSSR count). The van der Waals surface area contributed by atoms with Crippen molar-refractivity contribution in [2.24, 2.45) is 0 Å². The van der Waals surface area contributed by atoms with E-state index in [0.29, 0.717) is 46.4 Å². The van der Waals surface area contributed by atoms with E-state index in [2.05, 4.69) is 0 Å². The zero-order valence-electron chi connectivity index (χ0n) is 15.8. The molecule has 1 N–H and O–H groups in total. The molecule has 0 unspecified atom stereocenters. The van der Waals surface area contributed by atoms with Crippen molar-refractivity contribution in [1.82, 2.24) is 0 Å². The van der Waals surface area contributed by atoms with Crippen LogP contribution < -0.4 is 19.5 Å². The molecule has 2 aromatic carbocycles. The van der Waals surface area contributed by atoms with Gasteiger partial charge in [0.2, 0.25) is 5.78 Å². The SMILES string of the molecule is O=C1/C(=C/c2cc(Cl)cc3c2OCOC3)Oc2c1ccc([O-])c2C[NH+]1CCCC1. The summed E-state index contributed by atoms with van der Waals surface area (Å²) in [6.45, 7) is 3.18. The van der Waals surface area contributed by atoms with Crippen molar-refractivity contribution < 1.29 is 29.0 Å². The molecular weight excluding hydrogens is 394 g/mol. The standard InChI is InChI=1S/C22H20ClNO5/c23-15-7-13(21-14(8-15)11-27-12-28-21)9-19-20(26)16-3-4-18(25)17(22(16)29-19)10-24-5-1-2-6-24/h3-4,7-9,25H,1-2,5-6,10-12H2/b19-9-. The van der Waals surface area contributed by atoms with Gasteiger partial charge in [-0.3, -0.25) is 4.79 Å². The van der Waals surface area contributed by atoms with Gasteiger partial charge in [-0.2, -0.15) is 0 Å². The first-order valence-corrected chi connectivity index (χ1v) is 10.1. The predicted octanol–water partition coefficient (Wildman–Crippen LogP) is 2.07. The van der Waals surface area contributed by atoms with E-state index in [4.69, 9.17) is 25.8 Å². The van der Waals surface area contributed by atoms with Gasteiger partial charge in [-0.25, -0.2) is 0 Å². The summed E-state index contributed by atoms with van der Waals surface area (Å²) in [5.74, 6) is 0.874. The number of nitrogens with one attached hydrogen (secondary N) is 1. The van der Waals surface area contributed by atoms with E-state index in [1.54, 1.807) is 24.3 Å². The smallest absolute Gasteiger partial charge is 0.231 e. The lowest BCUT2D eigenvalue weighted by Crippen LogP contribution is -3.08. The molecule has 3 aliphatic heterocycles. The number of carbonyl (C=O) groups is 1.